The van der Waals surface area contributed by atoms with E-state index in [9.17, 15) is 23.3 Å². The summed E-state index contributed by atoms with van der Waals surface area (Å²) in [5.74, 6) is 0.0223. The molecule has 30 heavy (non-hydrogen) atoms. The quantitative estimate of drug-likeness (QED) is 0.304. The maximum atomic E-state index is 13.7. The molecule has 6 nitrogen and oxygen atoms in total. The Hall–Kier alpha value is -4.01. The summed E-state index contributed by atoms with van der Waals surface area (Å²) in [6, 6.07) is 17.5. The summed E-state index contributed by atoms with van der Waals surface area (Å²) in [4.78, 5) is 14.3. The number of non-ortho nitro benzene ring substituents is 1. The van der Waals surface area contributed by atoms with Gasteiger partial charge in [-0.1, -0.05) is 47.6 Å². The van der Waals surface area contributed by atoms with E-state index < -0.39 is 16.7 Å². The second-order valence-electron chi connectivity index (χ2n) is 6.35. The highest BCUT2D eigenvalue weighted by molar-refractivity contribution is 5.72. The highest BCUT2D eigenvalue weighted by Crippen LogP contribution is 2.39. The van der Waals surface area contributed by atoms with Crippen LogP contribution in [0.4, 0.5) is 18.9 Å². The molecule has 0 aliphatic carbocycles. The lowest BCUT2D eigenvalue weighted by Crippen LogP contribution is -2.07. The summed E-state index contributed by atoms with van der Waals surface area (Å²) >= 11 is 0. The molecule has 0 unspecified atom stereocenters. The van der Waals surface area contributed by atoms with E-state index >= 15 is 0 Å². The lowest BCUT2D eigenvalue weighted by molar-refractivity contribution is -0.384. The van der Waals surface area contributed by atoms with Crippen LogP contribution in [0.2, 0.25) is 0 Å². The fourth-order valence-electron chi connectivity index (χ4n) is 2.97. The predicted octanol–water partition coefficient (Wildman–Crippen LogP) is 6.00. The summed E-state index contributed by atoms with van der Waals surface area (Å²) in [7, 11) is 0. The summed E-state index contributed by atoms with van der Waals surface area (Å²) in [6.45, 7) is 0. The zero-order chi connectivity index (χ0) is 21.3. The second-order valence-corrected chi connectivity index (χ2v) is 6.35. The van der Waals surface area contributed by atoms with Crippen molar-refractivity contribution in [3.05, 3.63) is 88.5 Å². The molecule has 0 aliphatic heterocycles. The molecule has 0 atom stereocenters. The normalized spacial score (nSPS) is 11.4. The Morgan fingerprint density at radius 3 is 2.17 bits per heavy atom. The third-order valence-electron chi connectivity index (χ3n) is 4.42. The number of nitro groups is 1. The lowest BCUT2D eigenvalue weighted by atomic mass is 9.97. The van der Waals surface area contributed by atoms with Crippen molar-refractivity contribution < 1.29 is 22.6 Å². The minimum atomic E-state index is -4.58. The van der Waals surface area contributed by atoms with Gasteiger partial charge in [-0.05, 0) is 29.3 Å². The third-order valence-corrected chi connectivity index (χ3v) is 4.42. The molecule has 1 heterocycles. The Labute approximate surface area is 167 Å². The van der Waals surface area contributed by atoms with E-state index in [1.54, 1.807) is 30.3 Å². The molecule has 0 radical (unpaired) electrons. The number of aromatic nitrogens is 2. The molecule has 0 fully saturated rings. The first-order valence-corrected chi connectivity index (χ1v) is 8.68. The van der Waals surface area contributed by atoms with Gasteiger partial charge in [0.05, 0.1) is 10.5 Å². The molecular weight excluding hydrogens is 399 g/mol. The summed E-state index contributed by atoms with van der Waals surface area (Å²) in [6.07, 6.45) is -4.58. The Morgan fingerprint density at radius 1 is 0.867 bits per heavy atom. The molecule has 0 N–H and O–H groups in total. The van der Waals surface area contributed by atoms with Crippen molar-refractivity contribution >= 4 is 5.69 Å². The van der Waals surface area contributed by atoms with Crippen LogP contribution in [-0.2, 0) is 6.18 Å². The van der Waals surface area contributed by atoms with Crippen molar-refractivity contribution in [3.63, 3.8) is 0 Å². The van der Waals surface area contributed by atoms with Gasteiger partial charge >= 0.3 is 6.18 Å². The van der Waals surface area contributed by atoms with E-state index in [1.165, 1.54) is 36.4 Å². The van der Waals surface area contributed by atoms with E-state index in [4.69, 9.17) is 4.52 Å². The van der Waals surface area contributed by atoms with Crippen LogP contribution in [0.25, 0.3) is 34.0 Å². The number of hydrogen-bond donors (Lipinski definition) is 0. The van der Waals surface area contributed by atoms with E-state index in [0.717, 1.165) is 6.07 Å². The minimum absolute atomic E-state index is 0.0199. The summed E-state index contributed by atoms with van der Waals surface area (Å²) in [5.41, 5.74) is 0.120. The Kier molecular flexibility index (Phi) is 4.78. The van der Waals surface area contributed by atoms with Crippen LogP contribution in [0.15, 0.2) is 77.3 Å². The largest absolute Gasteiger partial charge is 0.417 e. The topological polar surface area (TPSA) is 82.1 Å². The number of alkyl halides is 3. The van der Waals surface area contributed by atoms with Crippen molar-refractivity contribution in [2.45, 2.75) is 6.18 Å². The molecule has 4 rings (SSSR count). The van der Waals surface area contributed by atoms with Gasteiger partial charge in [-0.15, -0.1) is 0 Å². The Balaban J connectivity index is 1.72. The zero-order valence-corrected chi connectivity index (χ0v) is 15.1. The Bertz CT molecular complexity index is 1200. The van der Waals surface area contributed by atoms with Gasteiger partial charge in [0.1, 0.15) is 0 Å². The summed E-state index contributed by atoms with van der Waals surface area (Å²) in [5, 5.41) is 14.5. The number of rotatable bonds is 4. The molecule has 1 aromatic heterocycles. The smallest absolute Gasteiger partial charge is 0.334 e. The van der Waals surface area contributed by atoms with E-state index in [2.05, 4.69) is 10.1 Å². The molecule has 0 aliphatic rings. The van der Waals surface area contributed by atoms with Gasteiger partial charge < -0.3 is 4.52 Å². The highest BCUT2D eigenvalue weighted by atomic mass is 19.4. The molecular formula is C21H12F3N3O3. The maximum absolute atomic E-state index is 13.7. The standard InChI is InChI=1S/C21H12F3N3O3/c22-21(23,24)18-12-15(8-11-17(18)13-4-2-1-3-5-13)19-25-20(30-26-19)14-6-9-16(10-7-14)27(28)29/h1-12H. The molecule has 4 aromatic rings. The number of hydrogen-bond acceptors (Lipinski definition) is 5. The Morgan fingerprint density at radius 2 is 1.53 bits per heavy atom. The van der Waals surface area contributed by atoms with E-state index in [1.807, 2.05) is 0 Å². The second kappa shape index (κ2) is 7.43. The van der Waals surface area contributed by atoms with Gasteiger partial charge in [-0.25, -0.2) is 0 Å². The molecule has 0 spiro atoms. The molecule has 3 aromatic carbocycles. The zero-order valence-electron chi connectivity index (χ0n) is 15.1. The van der Waals surface area contributed by atoms with Gasteiger partial charge in [-0.3, -0.25) is 10.1 Å². The minimum Gasteiger partial charge on any atom is -0.334 e. The fraction of sp³-hybridized carbons (Fsp3) is 0.0476. The highest BCUT2D eigenvalue weighted by Gasteiger charge is 2.34. The SMILES string of the molecule is O=[N+]([O-])c1ccc(-c2nc(-c3ccc(-c4ccccc4)c(C(F)(F)F)c3)no2)cc1. The van der Waals surface area contributed by atoms with Crippen LogP contribution in [0.1, 0.15) is 5.56 Å². The molecule has 0 saturated carbocycles. The van der Waals surface area contributed by atoms with Crippen molar-refractivity contribution in [1.29, 1.82) is 0 Å². The van der Waals surface area contributed by atoms with Gasteiger partial charge in [0.15, 0.2) is 0 Å². The van der Waals surface area contributed by atoms with Crippen LogP contribution in [0.3, 0.4) is 0 Å². The number of benzene rings is 3. The van der Waals surface area contributed by atoms with Crippen molar-refractivity contribution in [1.82, 2.24) is 10.1 Å². The van der Waals surface area contributed by atoms with Crippen LogP contribution < -0.4 is 0 Å². The van der Waals surface area contributed by atoms with Gasteiger partial charge in [-0.2, -0.15) is 18.2 Å². The maximum Gasteiger partial charge on any atom is 0.417 e. The first-order valence-electron chi connectivity index (χ1n) is 8.68. The fourth-order valence-corrected chi connectivity index (χ4v) is 2.97. The monoisotopic (exact) mass is 411 g/mol. The van der Waals surface area contributed by atoms with E-state index in [-0.39, 0.29) is 28.5 Å². The predicted molar refractivity (Wildman–Crippen MR) is 102 cm³/mol. The molecule has 0 bridgehead atoms. The molecule has 0 amide bonds. The first kappa shape index (κ1) is 19.3. The van der Waals surface area contributed by atoms with Crippen molar-refractivity contribution in [3.8, 4) is 34.0 Å². The third kappa shape index (κ3) is 3.77. The van der Waals surface area contributed by atoms with Gasteiger partial charge in [0.2, 0.25) is 5.82 Å². The summed E-state index contributed by atoms with van der Waals surface area (Å²) < 4.78 is 46.2. The average Bonchev–Trinajstić information content (AvgIpc) is 3.24. The average molecular weight is 411 g/mol. The van der Waals surface area contributed by atoms with Crippen LogP contribution >= 0.6 is 0 Å². The van der Waals surface area contributed by atoms with Crippen LogP contribution in [0, 0.1) is 10.1 Å². The van der Waals surface area contributed by atoms with E-state index in [0.29, 0.717) is 11.1 Å². The van der Waals surface area contributed by atoms with Crippen LogP contribution in [0.5, 0.6) is 0 Å². The lowest BCUT2D eigenvalue weighted by Gasteiger charge is -2.14. The number of halogens is 3. The molecule has 150 valence electrons. The van der Waals surface area contributed by atoms with Gasteiger partial charge in [0.25, 0.3) is 11.6 Å². The van der Waals surface area contributed by atoms with Crippen molar-refractivity contribution in [2.24, 2.45) is 0 Å². The van der Waals surface area contributed by atoms with Crippen LogP contribution in [-0.4, -0.2) is 15.1 Å². The number of nitro benzene ring substituents is 1. The van der Waals surface area contributed by atoms with Gasteiger partial charge in [0, 0.05) is 23.3 Å². The first-order chi connectivity index (χ1) is 14.3. The molecule has 9 heteroatoms. The molecule has 0 saturated heterocycles. The number of nitrogens with zero attached hydrogens (tertiary/aromatic N) is 3. The van der Waals surface area contributed by atoms with Crippen molar-refractivity contribution in [2.75, 3.05) is 0 Å².